The van der Waals surface area contributed by atoms with E-state index in [-0.39, 0.29) is 30.0 Å². The molecule has 1 aliphatic rings. The van der Waals surface area contributed by atoms with Crippen molar-refractivity contribution in [2.24, 2.45) is 0 Å². The fourth-order valence-corrected chi connectivity index (χ4v) is 5.53. The van der Waals surface area contributed by atoms with E-state index in [0.717, 1.165) is 14.8 Å². The summed E-state index contributed by atoms with van der Waals surface area (Å²) in [6.07, 6.45) is 2.12. The van der Waals surface area contributed by atoms with Crippen LogP contribution in [0, 0.1) is 10.5 Å². The van der Waals surface area contributed by atoms with Crippen LogP contribution in [0.1, 0.15) is 17.7 Å². The van der Waals surface area contributed by atoms with Gasteiger partial charge in [-0.25, -0.2) is 8.42 Å². The molecule has 1 aromatic heterocycles. The molecule has 1 aromatic carbocycles. The number of rotatable bonds is 6. The van der Waals surface area contributed by atoms with Crippen molar-refractivity contribution in [3.05, 3.63) is 51.5 Å². The van der Waals surface area contributed by atoms with Crippen LogP contribution >= 0.6 is 22.6 Å². The third-order valence-corrected chi connectivity index (χ3v) is 6.89. The fourth-order valence-electron chi connectivity index (χ4n) is 3.12. The molecule has 3 rings (SSSR count). The molecule has 2 aromatic rings. The Hall–Kier alpha value is -1.39. The van der Waals surface area contributed by atoms with Gasteiger partial charge in [-0.15, -0.1) is 0 Å². The summed E-state index contributed by atoms with van der Waals surface area (Å²) in [5.41, 5.74) is 1.76. The van der Waals surface area contributed by atoms with Crippen LogP contribution in [0.25, 0.3) is 0 Å². The maximum atomic E-state index is 12.6. The molecule has 0 radical (unpaired) electrons. The van der Waals surface area contributed by atoms with Gasteiger partial charge in [-0.3, -0.25) is 9.69 Å². The van der Waals surface area contributed by atoms with Gasteiger partial charge in [0, 0.05) is 15.3 Å². The molecule has 1 N–H and O–H groups in total. The molecule has 2 heterocycles. The Kier molecular flexibility index (Phi) is 6.03. The molecular weight excluding hydrogens is 467 g/mol. The van der Waals surface area contributed by atoms with E-state index in [0.29, 0.717) is 18.7 Å². The van der Waals surface area contributed by atoms with Crippen LogP contribution < -0.4 is 5.32 Å². The Morgan fingerprint density at radius 1 is 1.38 bits per heavy atom. The van der Waals surface area contributed by atoms with Gasteiger partial charge < -0.3 is 9.73 Å². The van der Waals surface area contributed by atoms with Crippen molar-refractivity contribution in [3.8, 4) is 0 Å². The largest absolute Gasteiger partial charge is 0.468 e. The van der Waals surface area contributed by atoms with E-state index in [1.54, 1.807) is 12.3 Å². The Bertz CT molecular complexity index is 881. The number of sulfone groups is 1. The lowest BCUT2D eigenvalue weighted by Crippen LogP contribution is -2.41. The van der Waals surface area contributed by atoms with Gasteiger partial charge in [0.1, 0.15) is 5.76 Å². The minimum atomic E-state index is -3.03. The molecule has 1 amide bonds. The van der Waals surface area contributed by atoms with E-state index < -0.39 is 9.84 Å². The summed E-state index contributed by atoms with van der Waals surface area (Å²) in [6.45, 7) is 2.47. The highest BCUT2D eigenvalue weighted by atomic mass is 127. The molecule has 1 unspecified atom stereocenters. The molecule has 8 heteroatoms. The number of furan rings is 1. The van der Waals surface area contributed by atoms with Crippen LogP contribution in [0.4, 0.5) is 5.69 Å². The molecular formula is C18H21IN2O4S. The van der Waals surface area contributed by atoms with Crippen molar-refractivity contribution in [3.63, 3.8) is 0 Å². The normalized spacial score (nSPS) is 19.0. The summed E-state index contributed by atoms with van der Waals surface area (Å²) in [4.78, 5) is 14.5. The molecule has 1 saturated heterocycles. The topological polar surface area (TPSA) is 79.6 Å². The SMILES string of the molecule is Cc1cc(I)ccc1NC(=O)CN(Cc1ccco1)C1CCS(=O)(=O)C1. The predicted octanol–water partition coefficient (Wildman–Crippen LogP) is 2.82. The Morgan fingerprint density at radius 2 is 2.19 bits per heavy atom. The zero-order valence-electron chi connectivity index (χ0n) is 14.4. The second-order valence-corrected chi connectivity index (χ2v) is 10.0. The van der Waals surface area contributed by atoms with Crippen molar-refractivity contribution in [2.45, 2.75) is 25.9 Å². The highest BCUT2D eigenvalue weighted by Gasteiger charge is 2.33. The van der Waals surface area contributed by atoms with Gasteiger partial charge in [-0.05, 0) is 71.8 Å². The zero-order chi connectivity index (χ0) is 18.7. The molecule has 0 aliphatic carbocycles. The number of nitrogens with one attached hydrogen (secondary N) is 1. The molecule has 6 nitrogen and oxygen atoms in total. The standard InChI is InChI=1S/C18H21IN2O4S/c1-13-9-14(19)4-5-17(13)20-18(22)11-21(10-16-3-2-7-25-16)15-6-8-26(23,24)12-15/h2-5,7,9,15H,6,8,10-12H2,1H3,(H,20,22). The molecule has 140 valence electrons. The van der Waals surface area contributed by atoms with E-state index in [2.05, 4.69) is 27.9 Å². The third-order valence-electron chi connectivity index (χ3n) is 4.47. The first kappa shape index (κ1) is 19.4. The van der Waals surface area contributed by atoms with Gasteiger partial charge in [-0.1, -0.05) is 0 Å². The van der Waals surface area contributed by atoms with Gasteiger partial charge in [0.05, 0.1) is 30.9 Å². The third kappa shape index (κ3) is 5.08. The quantitative estimate of drug-likeness (QED) is 0.633. The average molecular weight is 488 g/mol. The number of hydrogen-bond donors (Lipinski definition) is 1. The first-order chi connectivity index (χ1) is 12.3. The molecule has 1 aliphatic heterocycles. The maximum Gasteiger partial charge on any atom is 0.238 e. The number of nitrogens with zero attached hydrogens (tertiary/aromatic N) is 1. The van der Waals surface area contributed by atoms with Crippen molar-refractivity contribution < 1.29 is 17.6 Å². The molecule has 1 atom stereocenters. The first-order valence-corrected chi connectivity index (χ1v) is 11.3. The van der Waals surface area contributed by atoms with Gasteiger partial charge in [-0.2, -0.15) is 0 Å². The van der Waals surface area contributed by atoms with Crippen molar-refractivity contribution >= 4 is 44.0 Å². The van der Waals surface area contributed by atoms with Crippen molar-refractivity contribution in [1.29, 1.82) is 0 Å². The highest BCUT2D eigenvalue weighted by Crippen LogP contribution is 2.21. The van der Waals surface area contributed by atoms with E-state index in [1.165, 1.54) is 0 Å². The number of carbonyl (C=O) groups is 1. The first-order valence-electron chi connectivity index (χ1n) is 8.35. The monoisotopic (exact) mass is 488 g/mol. The Labute approximate surface area is 167 Å². The second kappa shape index (κ2) is 8.10. The van der Waals surface area contributed by atoms with Crippen LogP contribution in [-0.4, -0.2) is 43.3 Å². The number of benzene rings is 1. The van der Waals surface area contributed by atoms with Crippen LogP contribution in [-0.2, 0) is 21.2 Å². The van der Waals surface area contributed by atoms with E-state index >= 15 is 0 Å². The Balaban J connectivity index is 1.71. The van der Waals surface area contributed by atoms with Gasteiger partial charge in [0.15, 0.2) is 9.84 Å². The maximum absolute atomic E-state index is 12.6. The van der Waals surface area contributed by atoms with E-state index in [1.807, 2.05) is 36.1 Å². The van der Waals surface area contributed by atoms with Crippen LogP contribution in [0.2, 0.25) is 0 Å². The molecule has 1 fully saturated rings. The number of halogens is 1. The van der Waals surface area contributed by atoms with Crippen LogP contribution in [0.5, 0.6) is 0 Å². The summed E-state index contributed by atoms with van der Waals surface area (Å²) < 4.78 is 30.2. The summed E-state index contributed by atoms with van der Waals surface area (Å²) in [5.74, 6) is 0.811. The zero-order valence-corrected chi connectivity index (χ0v) is 17.4. The molecule has 26 heavy (non-hydrogen) atoms. The summed E-state index contributed by atoms with van der Waals surface area (Å²) in [6, 6.07) is 9.26. The van der Waals surface area contributed by atoms with Crippen molar-refractivity contribution in [2.75, 3.05) is 23.4 Å². The fraction of sp³-hybridized carbons (Fsp3) is 0.389. The lowest BCUT2D eigenvalue weighted by Gasteiger charge is -2.26. The molecule has 0 saturated carbocycles. The summed E-state index contributed by atoms with van der Waals surface area (Å²) in [7, 11) is -3.03. The lowest BCUT2D eigenvalue weighted by atomic mass is 10.2. The molecule has 0 bridgehead atoms. The van der Waals surface area contributed by atoms with E-state index in [4.69, 9.17) is 4.42 Å². The van der Waals surface area contributed by atoms with E-state index in [9.17, 15) is 13.2 Å². The van der Waals surface area contributed by atoms with Gasteiger partial charge >= 0.3 is 0 Å². The van der Waals surface area contributed by atoms with Crippen LogP contribution in [0.15, 0.2) is 41.0 Å². The second-order valence-electron chi connectivity index (χ2n) is 6.55. The van der Waals surface area contributed by atoms with Gasteiger partial charge in [0.25, 0.3) is 0 Å². The smallest absolute Gasteiger partial charge is 0.238 e. The lowest BCUT2D eigenvalue weighted by molar-refractivity contribution is -0.118. The van der Waals surface area contributed by atoms with Crippen molar-refractivity contribution in [1.82, 2.24) is 4.90 Å². The number of anilines is 1. The van der Waals surface area contributed by atoms with Crippen LogP contribution in [0.3, 0.4) is 0 Å². The van der Waals surface area contributed by atoms with Gasteiger partial charge in [0.2, 0.25) is 5.91 Å². The Morgan fingerprint density at radius 3 is 2.81 bits per heavy atom. The predicted molar refractivity (Wildman–Crippen MR) is 109 cm³/mol. The number of hydrogen-bond acceptors (Lipinski definition) is 5. The average Bonchev–Trinajstić information content (AvgIpc) is 3.19. The number of carbonyl (C=O) groups excluding carboxylic acids is 1. The highest BCUT2D eigenvalue weighted by molar-refractivity contribution is 14.1. The minimum Gasteiger partial charge on any atom is -0.468 e. The summed E-state index contributed by atoms with van der Waals surface area (Å²) in [5, 5.41) is 2.93. The number of amides is 1. The number of aryl methyl sites for hydroxylation is 1. The summed E-state index contributed by atoms with van der Waals surface area (Å²) >= 11 is 2.23. The minimum absolute atomic E-state index is 0.0869. The molecule has 0 spiro atoms.